The molecule has 2 aromatic carbocycles. The Balaban J connectivity index is 1.89. The molecule has 0 saturated heterocycles. The smallest absolute Gasteiger partial charge is 0.147 e. The fraction of sp³-hybridized carbons (Fsp3) is 0.250. The Hall–Kier alpha value is -1.54. The summed E-state index contributed by atoms with van der Waals surface area (Å²) in [5, 5.41) is 3.59. The first-order valence-corrected chi connectivity index (χ1v) is 6.78. The third-order valence-electron chi connectivity index (χ3n) is 3.04. The lowest BCUT2D eigenvalue weighted by molar-refractivity contribution is 0.622. The second-order valence-corrected chi connectivity index (χ2v) is 5.13. The largest absolute Gasteiger partial charge is 0.380 e. The molecule has 0 radical (unpaired) electrons. The van der Waals surface area contributed by atoms with Crippen LogP contribution in [0.2, 0.25) is 5.02 Å². The summed E-state index contributed by atoms with van der Waals surface area (Å²) >= 11 is 5.73. The van der Waals surface area contributed by atoms with E-state index in [1.165, 1.54) is 11.6 Å². The molecule has 0 aliphatic heterocycles. The molecule has 0 spiro atoms. The van der Waals surface area contributed by atoms with Gasteiger partial charge in [-0.15, -0.1) is 0 Å². The number of aryl methyl sites for hydroxylation is 1. The van der Waals surface area contributed by atoms with Gasteiger partial charge in [-0.3, -0.25) is 0 Å². The SMILES string of the molecule is CC(CCc1ccccc1)Nc1ccc(Cl)cc1F. The number of anilines is 1. The highest BCUT2D eigenvalue weighted by atomic mass is 35.5. The Kier molecular flexibility index (Phi) is 4.80. The maximum Gasteiger partial charge on any atom is 0.147 e. The van der Waals surface area contributed by atoms with Crippen molar-refractivity contribution in [3.63, 3.8) is 0 Å². The van der Waals surface area contributed by atoms with Crippen LogP contribution in [-0.2, 0) is 6.42 Å². The number of nitrogens with one attached hydrogen (secondary N) is 1. The van der Waals surface area contributed by atoms with Crippen molar-refractivity contribution < 1.29 is 4.39 Å². The molecule has 19 heavy (non-hydrogen) atoms. The van der Waals surface area contributed by atoms with Crippen molar-refractivity contribution in [1.29, 1.82) is 0 Å². The van der Waals surface area contributed by atoms with Gasteiger partial charge in [0.05, 0.1) is 5.69 Å². The average Bonchev–Trinajstić information content (AvgIpc) is 2.41. The number of hydrogen-bond acceptors (Lipinski definition) is 1. The van der Waals surface area contributed by atoms with Crippen molar-refractivity contribution in [2.45, 2.75) is 25.8 Å². The predicted octanol–water partition coefficient (Wildman–Crippen LogP) is 4.91. The van der Waals surface area contributed by atoms with Crippen LogP contribution in [0.15, 0.2) is 48.5 Å². The fourth-order valence-electron chi connectivity index (χ4n) is 1.97. The zero-order valence-electron chi connectivity index (χ0n) is 10.9. The molecule has 100 valence electrons. The molecule has 2 aromatic rings. The molecular formula is C16H17ClFN. The summed E-state index contributed by atoms with van der Waals surface area (Å²) in [5.41, 5.74) is 1.80. The highest BCUT2D eigenvalue weighted by Gasteiger charge is 2.07. The molecule has 0 aliphatic rings. The lowest BCUT2D eigenvalue weighted by Gasteiger charge is -2.16. The van der Waals surface area contributed by atoms with Crippen molar-refractivity contribution in [1.82, 2.24) is 0 Å². The molecule has 0 bridgehead atoms. The van der Waals surface area contributed by atoms with Gasteiger partial charge in [-0.25, -0.2) is 4.39 Å². The highest BCUT2D eigenvalue weighted by Crippen LogP contribution is 2.20. The van der Waals surface area contributed by atoms with Crippen LogP contribution in [-0.4, -0.2) is 6.04 Å². The monoisotopic (exact) mass is 277 g/mol. The minimum absolute atomic E-state index is 0.205. The summed E-state index contributed by atoms with van der Waals surface area (Å²) in [4.78, 5) is 0. The Morgan fingerprint density at radius 2 is 1.89 bits per heavy atom. The first-order valence-electron chi connectivity index (χ1n) is 6.40. The number of benzene rings is 2. The quantitative estimate of drug-likeness (QED) is 0.818. The summed E-state index contributed by atoms with van der Waals surface area (Å²) in [7, 11) is 0. The molecule has 0 fully saturated rings. The van der Waals surface area contributed by atoms with Crippen LogP contribution >= 0.6 is 11.6 Å². The van der Waals surface area contributed by atoms with E-state index in [1.807, 2.05) is 18.2 Å². The Morgan fingerprint density at radius 3 is 2.58 bits per heavy atom. The maximum atomic E-state index is 13.6. The van der Waals surface area contributed by atoms with E-state index in [0.717, 1.165) is 12.8 Å². The van der Waals surface area contributed by atoms with E-state index in [9.17, 15) is 4.39 Å². The summed E-state index contributed by atoms with van der Waals surface area (Å²) in [6.07, 6.45) is 1.93. The van der Waals surface area contributed by atoms with Crippen LogP contribution in [0.3, 0.4) is 0 Å². The highest BCUT2D eigenvalue weighted by molar-refractivity contribution is 6.30. The summed E-state index contributed by atoms with van der Waals surface area (Å²) < 4.78 is 13.6. The van der Waals surface area contributed by atoms with Gasteiger partial charge in [0.1, 0.15) is 5.82 Å². The first kappa shape index (κ1) is 13.9. The van der Waals surface area contributed by atoms with Gasteiger partial charge < -0.3 is 5.32 Å². The lowest BCUT2D eigenvalue weighted by atomic mass is 10.1. The molecule has 0 heterocycles. The van der Waals surface area contributed by atoms with Gasteiger partial charge in [-0.1, -0.05) is 41.9 Å². The Labute approximate surface area is 118 Å². The van der Waals surface area contributed by atoms with Crippen molar-refractivity contribution in [2.75, 3.05) is 5.32 Å². The van der Waals surface area contributed by atoms with Crippen molar-refractivity contribution in [2.24, 2.45) is 0 Å². The fourth-order valence-corrected chi connectivity index (χ4v) is 2.13. The van der Waals surface area contributed by atoms with Crippen molar-refractivity contribution in [3.05, 3.63) is 64.9 Å². The molecular weight excluding hydrogens is 261 g/mol. The average molecular weight is 278 g/mol. The van der Waals surface area contributed by atoms with Crippen molar-refractivity contribution in [3.8, 4) is 0 Å². The number of rotatable bonds is 5. The first-order chi connectivity index (χ1) is 9.15. The lowest BCUT2D eigenvalue weighted by Crippen LogP contribution is -2.16. The zero-order valence-corrected chi connectivity index (χ0v) is 11.6. The normalized spacial score (nSPS) is 12.2. The second-order valence-electron chi connectivity index (χ2n) is 4.69. The minimum Gasteiger partial charge on any atom is -0.380 e. The summed E-state index contributed by atoms with van der Waals surface area (Å²) in [6.45, 7) is 2.05. The van der Waals surface area contributed by atoms with Crippen LogP contribution in [0.4, 0.5) is 10.1 Å². The van der Waals surface area contributed by atoms with Crippen molar-refractivity contribution >= 4 is 17.3 Å². The molecule has 0 aromatic heterocycles. The molecule has 0 saturated carbocycles. The van der Waals surface area contributed by atoms with Gasteiger partial charge in [-0.2, -0.15) is 0 Å². The molecule has 1 unspecified atom stereocenters. The zero-order chi connectivity index (χ0) is 13.7. The van der Waals surface area contributed by atoms with Crippen LogP contribution < -0.4 is 5.32 Å². The second kappa shape index (κ2) is 6.58. The standard InChI is InChI=1S/C16H17ClFN/c1-12(7-8-13-5-3-2-4-6-13)19-16-10-9-14(17)11-15(16)18/h2-6,9-12,19H,7-8H2,1H3. The van der Waals surface area contributed by atoms with E-state index >= 15 is 0 Å². The Morgan fingerprint density at radius 1 is 1.16 bits per heavy atom. The van der Waals surface area contributed by atoms with E-state index < -0.39 is 0 Å². The Bertz CT molecular complexity index is 528. The van der Waals surface area contributed by atoms with Gasteiger partial charge in [0.2, 0.25) is 0 Å². The van der Waals surface area contributed by atoms with Crippen LogP contribution in [0, 0.1) is 5.82 Å². The van der Waals surface area contributed by atoms with E-state index in [2.05, 4.69) is 24.4 Å². The van der Waals surface area contributed by atoms with E-state index in [-0.39, 0.29) is 11.9 Å². The van der Waals surface area contributed by atoms with Gasteiger partial charge in [0.25, 0.3) is 0 Å². The van der Waals surface area contributed by atoms with E-state index in [4.69, 9.17) is 11.6 Å². The molecule has 1 atom stereocenters. The molecule has 3 heteroatoms. The third-order valence-corrected chi connectivity index (χ3v) is 3.28. The number of hydrogen-bond donors (Lipinski definition) is 1. The van der Waals surface area contributed by atoms with E-state index in [0.29, 0.717) is 10.7 Å². The van der Waals surface area contributed by atoms with E-state index in [1.54, 1.807) is 12.1 Å². The van der Waals surface area contributed by atoms with Gasteiger partial charge in [-0.05, 0) is 43.5 Å². The third kappa shape index (κ3) is 4.25. The van der Waals surface area contributed by atoms with Crippen LogP contribution in [0.1, 0.15) is 18.9 Å². The molecule has 2 rings (SSSR count). The number of halogens is 2. The molecule has 1 N–H and O–H groups in total. The van der Waals surface area contributed by atoms with Gasteiger partial charge >= 0.3 is 0 Å². The summed E-state index contributed by atoms with van der Waals surface area (Å²) in [6, 6.07) is 15.2. The summed E-state index contributed by atoms with van der Waals surface area (Å²) in [5.74, 6) is -0.306. The predicted molar refractivity (Wildman–Crippen MR) is 79.3 cm³/mol. The maximum absolute atomic E-state index is 13.6. The van der Waals surface area contributed by atoms with Gasteiger partial charge in [0.15, 0.2) is 0 Å². The van der Waals surface area contributed by atoms with Crippen LogP contribution in [0.25, 0.3) is 0 Å². The molecule has 1 nitrogen and oxygen atoms in total. The van der Waals surface area contributed by atoms with Gasteiger partial charge in [0, 0.05) is 11.1 Å². The molecule has 0 amide bonds. The minimum atomic E-state index is -0.306. The van der Waals surface area contributed by atoms with Crippen LogP contribution in [0.5, 0.6) is 0 Å². The topological polar surface area (TPSA) is 12.0 Å². The molecule has 0 aliphatic carbocycles.